The molecule has 6 heteroatoms. The van der Waals surface area contributed by atoms with E-state index in [2.05, 4.69) is 4.98 Å². The topological polar surface area (TPSA) is 55.2 Å². The summed E-state index contributed by atoms with van der Waals surface area (Å²) in [6.45, 7) is 2.79. The second kappa shape index (κ2) is 6.95. The van der Waals surface area contributed by atoms with E-state index in [1.807, 2.05) is 19.1 Å². The third-order valence-corrected chi connectivity index (χ3v) is 5.08. The first-order valence-corrected chi connectivity index (χ1v) is 9.08. The van der Waals surface area contributed by atoms with E-state index in [9.17, 15) is 14.0 Å². The summed E-state index contributed by atoms with van der Waals surface area (Å²) in [5, 5.41) is 0.559. The molecule has 0 aliphatic carbocycles. The van der Waals surface area contributed by atoms with E-state index < -0.39 is 0 Å². The lowest BCUT2D eigenvalue weighted by molar-refractivity contribution is -0.118. The van der Waals surface area contributed by atoms with Crippen molar-refractivity contribution in [3.8, 4) is 0 Å². The maximum Gasteiger partial charge on any atom is 0.261 e. The van der Waals surface area contributed by atoms with Crippen LogP contribution in [-0.4, -0.2) is 22.0 Å². The molecule has 1 amide bonds. The monoisotopic (exact) mass is 365 g/mol. The van der Waals surface area contributed by atoms with Gasteiger partial charge >= 0.3 is 0 Å². The second-order valence-electron chi connectivity index (χ2n) is 6.89. The molecule has 0 spiro atoms. The molecule has 2 aromatic carbocycles. The molecular weight excluding hydrogens is 345 g/mol. The van der Waals surface area contributed by atoms with Crippen molar-refractivity contribution in [1.82, 2.24) is 9.55 Å². The molecule has 0 atom stereocenters. The molecule has 1 aromatic heterocycles. The first-order chi connectivity index (χ1) is 13.0. The molecule has 0 N–H and O–H groups in total. The summed E-state index contributed by atoms with van der Waals surface area (Å²) >= 11 is 0. The van der Waals surface area contributed by atoms with Crippen LogP contribution < -0.4 is 10.5 Å². The van der Waals surface area contributed by atoms with E-state index in [0.29, 0.717) is 17.4 Å². The van der Waals surface area contributed by atoms with E-state index in [1.54, 1.807) is 17.0 Å². The van der Waals surface area contributed by atoms with Gasteiger partial charge in [0.1, 0.15) is 5.82 Å². The van der Waals surface area contributed by atoms with Crippen LogP contribution in [0, 0.1) is 12.7 Å². The minimum absolute atomic E-state index is 0.0706. The van der Waals surface area contributed by atoms with Gasteiger partial charge in [-0.25, -0.2) is 9.37 Å². The number of carbonyl (C=O) groups excluding carboxylic acids is 1. The fourth-order valence-electron chi connectivity index (χ4n) is 3.67. The number of nitrogens with zero attached hydrogens (tertiary/aromatic N) is 3. The summed E-state index contributed by atoms with van der Waals surface area (Å²) < 4.78 is 14.9. The molecule has 1 aliphatic heterocycles. The average molecular weight is 365 g/mol. The van der Waals surface area contributed by atoms with E-state index in [4.69, 9.17) is 0 Å². The summed E-state index contributed by atoms with van der Waals surface area (Å²) in [5.74, 6) is -0.356. The van der Waals surface area contributed by atoms with Crippen molar-refractivity contribution in [2.24, 2.45) is 0 Å². The molecular formula is C21H20FN3O2. The van der Waals surface area contributed by atoms with E-state index in [1.165, 1.54) is 23.0 Å². The first-order valence-electron chi connectivity index (χ1n) is 9.08. The minimum Gasteiger partial charge on any atom is -0.312 e. The molecule has 3 aromatic rings. The zero-order valence-electron chi connectivity index (χ0n) is 15.1. The summed E-state index contributed by atoms with van der Waals surface area (Å²) in [7, 11) is 0. The highest BCUT2D eigenvalue weighted by molar-refractivity contribution is 5.94. The second-order valence-corrected chi connectivity index (χ2v) is 6.89. The quantitative estimate of drug-likeness (QED) is 0.716. The van der Waals surface area contributed by atoms with Crippen LogP contribution in [-0.2, 0) is 17.8 Å². The maximum atomic E-state index is 13.4. The number of rotatable bonds is 3. The molecule has 0 unspecified atom stereocenters. The first kappa shape index (κ1) is 17.4. The molecule has 0 fully saturated rings. The lowest BCUT2D eigenvalue weighted by Gasteiger charge is -2.29. The fourth-order valence-corrected chi connectivity index (χ4v) is 3.67. The zero-order chi connectivity index (χ0) is 19.0. The van der Waals surface area contributed by atoms with Crippen LogP contribution >= 0.6 is 0 Å². The van der Waals surface area contributed by atoms with Crippen LogP contribution in [0.15, 0.2) is 47.5 Å². The Kier molecular flexibility index (Phi) is 4.48. The number of amides is 1. The number of carbonyl (C=O) groups is 1. The Hall–Kier alpha value is -3.02. The number of para-hydroxylation sites is 1. The summed E-state index contributed by atoms with van der Waals surface area (Å²) in [6, 6.07) is 10.0. The number of aromatic nitrogens is 2. The van der Waals surface area contributed by atoms with Crippen molar-refractivity contribution >= 4 is 22.5 Å². The number of halogens is 1. The highest BCUT2D eigenvalue weighted by atomic mass is 19.1. The van der Waals surface area contributed by atoms with Crippen molar-refractivity contribution in [3.05, 3.63) is 70.0 Å². The lowest BCUT2D eigenvalue weighted by Crippen LogP contribution is -2.36. The molecule has 0 bridgehead atoms. The largest absolute Gasteiger partial charge is 0.312 e. The smallest absolute Gasteiger partial charge is 0.261 e. The Morgan fingerprint density at radius 3 is 2.96 bits per heavy atom. The van der Waals surface area contributed by atoms with Crippen molar-refractivity contribution in [1.29, 1.82) is 0 Å². The normalized spacial score (nSPS) is 13.6. The van der Waals surface area contributed by atoms with Gasteiger partial charge in [0, 0.05) is 25.2 Å². The van der Waals surface area contributed by atoms with Gasteiger partial charge in [0.05, 0.1) is 17.2 Å². The molecule has 0 saturated heterocycles. The maximum absolute atomic E-state index is 13.4. The third-order valence-electron chi connectivity index (χ3n) is 5.08. The number of fused-ring (bicyclic) bond motifs is 2. The van der Waals surface area contributed by atoms with Crippen molar-refractivity contribution in [3.63, 3.8) is 0 Å². The summed E-state index contributed by atoms with van der Waals surface area (Å²) in [4.78, 5) is 31.5. The standard InChI is InChI=1S/C21H20FN3O2/c1-14-4-2-6-17-20(14)23-13-24(21(17)27)11-9-19(26)25-10-3-5-15-12-16(22)7-8-18(15)25/h2,4,6-8,12-13H,3,5,9-11H2,1H3. The molecule has 0 radical (unpaired) electrons. The third kappa shape index (κ3) is 3.23. The number of aryl methyl sites for hydroxylation is 3. The highest BCUT2D eigenvalue weighted by Crippen LogP contribution is 2.28. The molecule has 1 aliphatic rings. The lowest BCUT2D eigenvalue weighted by atomic mass is 10.0. The summed E-state index contributed by atoms with van der Waals surface area (Å²) in [6.07, 6.45) is 3.27. The van der Waals surface area contributed by atoms with Crippen molar-refractivity contribution in [2.45, 2.75) is 32.7 Å². The van der Waals surface area contributed by atoms with Crippen LogP contribution in [0.2, 0.25) is 0 Å². The van der Waals surface area contributed by atoms with E-state index >= 15 is 0 Å². The predicted octanol–water partition coefficient (Wildman–Crippen LogP) is 3.21. The Balaban J connectivity index is 1.55. The van der Waals surface area contributed by atoms with Gasteiger partial charge in [0.25, 0.3) is 5.56 Å². The molecule has 27 heavy (non-hydrogen) atoms. The molecule has 5 nitrogen and oxygen atoms in total. The zero-order valence-corrected chi connectivity index (χ0v) is 15.1. The van der Waals surface area contributed by atoms with Gasteiger partial charge in [-0.15, -0.1) is 0 Å². The average Bonchev–Trinajstić information content (AvgIpc) is 2.67. The van der Waals surface area contributed by atoms with Crippen LogP contribution in [0.1, 0.15) is 24.0 Å². The van der Waals surface area contributed by atoms with Gasteiger partial charge in [0.2, 0.25) is 5.91 Å². The highest BCUT2D eigenvalue weighted by Gasteiger charge is 2.22. The van der Waals surface area contributed by atoms with Gasteiger partial charge in [-0.3, -0.25) is 14.2 Å². The fraction of sp³-hybridized carbons (Fsp3) is 0.286. The summed E-state index contributed by atoms with van der Waals surface area (Å²) in [5.41, 5.74) is 3.13. The number of anilines is 1. The van der Waals surface area contributed by atoms with Gasteiger partial charge in [-0.2, -0.15) is 0 Å². The molecule has 4 rings (SSSR count). The van der Waals surface area contributed by atoms with Crippen molar-refractivity contribution < 1.29 is 9.18 Å². The Labute approximate surface area is 156 Å². The number of hydrogen-bond donors (Lipinski definition) is 0. The SMILES string of the molecule is Cc1cccc2c(=O)n(CCC(=O)N3CCCc4cc(F)ccc43)cnc12. The number of hydrogen-bond acceptors (Lipinski definition) is 3. The molecule has 138 valence electrons. The Bertz CT molecular complexity index is 1090. The van der Waals surface area contributed by atoms with Crippen LogP contribution in [0.3, 0.4) is 0 Å². The van der Waals surface area contributed by atoms with Gasteiger partial charge in [-0.05, 0) is 55.2 Å². The van der Waals surface area contributed by atoms with E-state index in [0.717, 1.165) is 29.7 Å². The van der Waals surface area contributed by atoms with Crippen LogP contribution in [0.25, 0.3) is 10.9 Å². The van der Waals surface area contributed by atoms with Crippen LogP contribution in [0.5, 0.6) is 0 Å². The molecule has 2 heterocycles. The predicted molar refractivity (Wildman–Crippen MR) is 102 cm³/mol. The Morgan fingerprint density at radius 2 is 2.11 bits per heavy atom. The van der Waals surface area contributed by atoms with Gasteiger partial charge in [0.15, 0.2) is 0 Å². The van der Waals surface area contributed by atoms with Gasteiger partial charge in [-0.1, -0.05) is 12.1 Å². The van der Waals surface area contributed by atoms with E-state index in [-0.39, 0.29) is 30.2 Å². The minimum atomic E-state index is -0.285. The van der Waals surface area contributed by atoms with Crippen LogP contribution in [0.4, 0.5) is 10.1 Å². The molecule has 0 saturated carbocycles. The number of benzene rings is 2. The van der Waals surface area contributed by atoms with Gasteiger partial charge < -0.3 is 4.90 Å². The Morgan fingerprint density at radius 1 is 1.26 bits per heavy atom. The van der Waals surface area contributed by atoms with Crippen molar-refractivity contribution in [2.75, 3.05) is 11.4 Å².